The molecule has 1 amide bonds. The number of hydrogen-bond donors (Lipinski definition) is 4. The summed E-state index contributed by atoms with van der Waals surface area (Å²) in [6, 6.07) is 19.0. The van der Waals surface area contributed by atoms with Gasteiger partial charge in [-0.3, -0.25) is 4.79 Å². The molecule has 42 heavy (non-hydrogen) atoms. The van der Waals surface area contributed by atoms with Gasteiger partial charge in [-0.15, -0.1) is 0 Å². The van der Waals surface area contributed by atoms with E-state index < -0.39 is 34.1 Å². The van der Waals surface area contributed by atoms with Crippen molar-refractivity contribution in [3.05, 3.63) is 83.9 Å². The second-order valence-corrected chi connectivity index (χ2v) is 10.6. The molecule has 1 unspecified atom stereocenters. The van der Waals surface area contributed by atoms with Crippen LogP contribution in [0.15, 0.2) is 77.7 Å². The molecule has 0 aliphatic carbocycles. The van der Waals surface area contributed by atoms with Crippen molar-refractivity contribution in [2.75, 3.05) is 11.9 Å². The summed E-state index contributed by atoms with van der Waals surface area (Å²) in [5.74, 6) is -2.50. The molecule has 0 fully saturated rings. The van der Waals surface area contributed by atoms with Crippen LogP contribution in [0, 0.1) is 0 Å². The van der Waals surface area contributed by atoms with Crippen LogP contribution in [0.4, 0.5) is 18.9 Å². The highest BCUT2D eigenvalue weighted by atomic mass is 32.2. The molecule has 0 spiro atoms. The third-order valence-electron chi connectivity index (χ3n) is 5.26. The lowest BCUT2D eigenvalue weighted by Gasteiger charge is -2.22. The number of ether oxygens (including phenoxy) is 2. The van der Waals surface area contributed by atoms with Gasteiger partial charge in [-0.25, -0.2) is 17.9 Å². The Morgan fingerprint density at radius 2 is 1.57 bits per heavy atom. The Morgan fingerprint density at radius 3 is 2.07 bits per heavy atom. The van der Waals surface area contributed by atoms with Crippen LogP contribution in [0.1, 0.15) is 37.9 Å². The van der Waals surface area contributed by atoms with E-state index in [0.717, 1.165) is 5.56 Å². The molecule has 228 valence electrons. The Bertz CT molecular complexity index is 1430. The summed E-state index contributed by atoms with van der Waals surface area (Å²) in [5, 5.41) is 10.3. The highest BCUT2D eigenvalue weighted by Gasteiger charge is 2.38. The van der Waals surface area contributed by atoms with Crippen LogP contribution < -0.4 is 25.2 Å². The van der Waals surface area contributed by atoms with Gasteiger partial charge >= 0.3 is 12.1 Å². The van der Waals surface area contributed by atoms with Crippen molar-refractivity contribution in [2.45, 2.75) is 50.5 Å². The average molecular weight is 612 g/mol. The van der Waals surface area contributed by atoms with E-state index in [2.05, 4.69) is 10.0 Å². The van der Waals surface area contributed by atoms with Crippen LogP contribution in [-0.2, 0) is 26.2 Å². The normalized spacial score (nSPS) is 12.0. The number of carboxylic acids is 1. The van der Waals surface area contributed by atoms with Gasteiger partial charge in [0.25, 0.3) is 15.9 Å². The predicted octanol–water partition coefficient (Wildman–Crippen LogP) is 4.62. The molecular formula is C28H32F3N3O7S. The number of aliphatic carboxylic acids is 1. The Kier molecular flexibility index (Phi) is 12.2. The molecule has 0 saturated heterocycles. The van der Waals surface area contributed by atoms with Crippen molar-refractivity contribution in [1.82, 2.24) is 4.72 Å². The standard InChI is InChI=1S/C26H31N3O5S.C2HF3O2/c1-4-33-24-16-20(12-15-23(24)34-18(2)3)25(28-21-13-10-19(17-27)11-14-21)26(30)29-35(31,32)22-8-6-5-7-9-22;3-2(4,5)1(6)7/h5-16,18,25,28H,4,17,27H2,1-3H3,(H,29,30);(H,6,7). The highest BCUT2D eigenvalue weighted by molar-refractivity contribution is 7.90. The summed E-state index contributed by atoms with van der Waals surface area (Å²) in [6.45, 7) is 6.43. The summed E-state index contributed by atoms with van der Waals surface area (Å²) in [5.41, 5.74) is 7.74. The van der Waals surface area contributed by atoms with E-state index in [-0.39, 0.29) is 11.0 Å². The van der Waals surface area contributed by atoms with E-state index in [1.165, 1.54) is 12.1 Å². The predicted molar refractivity (Wildman–Crippen MR) is 150 cm³/mol. The summed E-state index contributed by atoms with van der Waals surface area (Å²) < 4.78 is 71.2. The molecule has 3 rings (SSSR count). The van der Waals surface area contributed by atoms with Crippen molar-refractivity contribution in [2.24, 2.45) is 5.73 Å². The molecule has 3 aromatic carbocycles. The molecule has 0 heterocycles. The van der Waals surface area contributed by atoms with Gasteiger partial charge in [0.2, 0.25) is 0 Å². The number of nitrogens with two attached hydrogens (primary N) is 1. The first-order chi connectivity index (χ1) is 19.7. The second kappa shape index (κ2) is 15.1. The molecule has 10 nitrogen and oxygen atoms in total. The maximum atomic E-state index is 13.3. The van der Waals surface area contributed by atoms with E-state index in [1.807, 2.05) is 32.9 Å². The first-order valence-corrected chi connectivity index (χ1v) is 14.1. The first kappa shape index (κ1) is 33.9. The van der Waals surface area contributed by atoms with Crippen molar-refractivity contribution in [3.63, 3.8) is 0 Å². The van der Waals surface area contributed by atoms with Gasteiger partial charge in [0.1, 0.15) is 6.04 Å². The van der Waals surface area contributed by atoms with Crippen molar-refractivity contribution >= 4 is 27.6 Å². The molecule has 3 aromatic rings. The van der Waals surface area contributed by atoms with Gasteiger partial charge < -0.3 is 25.6 Å². The molecular weight excluding hydrogens is 579 g/mol. The minimum Gasteiger partial charge on any atom is -0.490 e. The summed E-state index contributed by atoms with van der Waals surface area (Å²) >= 11 is 0. The van der Waals surface area contributed by atoms with Crippen LogP contribution in [0.25, 0.3) is 0 Å². The van der Waals surface area contributed by atoms with E-state index >= 15 is 0 Å². The molecule has 0 aliphatic heterocycles. The number of hydrogen-bond acceptors (Lipinski definition) is 8. The van der Waals surface area contributed by atoms with Crippen molar-refractivity contribution in [3.8, 4) is 11.5 Å². The Hall–Kier alpha value is -4.30. The van der Waals surface area contributed by atoms with Crippen LogP contribution in [-0.4, -0.2) is 44.3 Å². The number of nitrogens with one attached hydrogen (secondary N) is 2. The topological polar surface area (TPSA) is 157 Å². The van der Waals surface area contributed by atoms with Gasteiger partial charge in [-0.05, 0) is 68.3 Å². The zero-order chi connectivity index (χ0) is 31.5. The lowest BCUT2D eigenvalue weighted by atomic mass is 10.0. The molecule has 0 radical (unpaired) electrons. The minimum atomic E-state index is -5.08. The SMILES string of the molecule is CCOc1cc(C(Nc2ccc(CN)cc2)C(=O)NS(=O)(=O)c2ccccc2)ccc1OC(C)C.O=C(O)C(F)(F)F. The van der Waals surface area contributed by atoms with Crippen LogP contribution >= 0.6 is 0 Å². The number of anilines is 1. The van der Waals surface area contributed by atoms with Gasteiger partial charge in [0, 0.05) is 12.2 Å². The fraction of sp³-hybridized carbons (Fsp3) is 0.286. The molecule has 14 heteroatoms. The molecule has 0 aliphatic rings. The number of benzene rings is 3. The van der Waals surface area contributed by atoms with Gasteiger partial charge in [-0.1, -0.05) is 36.4 Å². The van der Waals surface area contributed by atoms with Crippen LogP contribution in [0.3, 0.4) is 0 Å². The van der Waals surface area contributed by atoms with Crippen molar-refractivity contribution in [1.29, 1.82) is 0 Å². The van der Waals surface area contributed by atoms with E-state index in [9.17, 15) is 26.4 Å². The summed E-state index contributed by atoms with van der Waals surface area (Å²) in [6.07, 6.45) is -5.16. The van der Waals surface area contributed by atoms with E-state index in [4.69, 9.17) is 25.1 Å². The number of alkyl halides is 3. The molecule has 0 aromatic heterocycles. The van der Waals surface area contributed by atoms with Crippen molar-refractivity contribution < 1.29 is 45.8 Å². The Morgan fingerprint density at radius 1 is 0.976 bits per heavy atom. The quantitative estimate of drug-likeness (QED) is 0.243. The summed E-state index contributed by atoms with van der Waals surface area (Å²) in [4.78, 5) is 22.2. The largest absolute Gasteiger partial charge is 0.490 e. The summed E-state index contributed by atoms with van der Waals surface area (Å²) in [7, 11) is -4.07. The van der Waals surface area contributed by atoms with Gasteiger partial charge in [0.05, 0.1) is 17.6 Å². The average Bonchev–Trinajstić information content (AvgIpc) is 2.93. The fourth-order valence-corrected chi connectivity index (χ4v) is 4.39. The lowest BCUT2D eigenvalue weighted by molar-refractivity contribution is -0.192. The van der Waals surface area contributed by atoms with E-state index in [0.29, 0.717) is 35.9 Å². The second-order valence-electron chi connectivity index (χ2n) is 8.87. The van der Waals surface area contributed by atoms with E-state index in [1.54, 1.807) is 48.5 Å². The molecule has 5 N–H and O–H groups in total. The zero-order valence-corrected chi connectivity index (χ0v) is 23.8. The number of sulfonamides is 1. The maximum Gasteiger partial charge on any atom is 0.490 e. The third-order valence-corrected chi connectivity index (χ3v) is 6.62. The fourth-order valence-electron chi connectivity index (χ4n) is 3.38. The number of carbonyl (C=O) groups excluding carboxylic acids is 1. The molecule has 0 bridgehead atoms. The van der Waals surface area contributed by atoms with Crippen LogP contribution in [0.5, 0.6) is 11.5 Å². The third kappa shape index (κ3) is 10.3. The van der Waals surface area contributed by atoms with Gasteiger partial charge in [-0.2, -0.15) is 13.2 Å². The molecule has 0 saturated carbocycles. The monoisotopic (exact) mass is 611 g/mol. The number of rotatable bonds is 11. The highest BCUT2D eigenvalue weighted by Crippen LogP contribution is 2.33. The van der Waals surface area contributed by atoms with Crippen LogP contribution in [0.2, 0.25) is 0 Å². The Balaban J connectivity index is 0.000000782. The lowest BCUT2D eigenvalue weighted by Crippen LogP contribution is -2.37. The Labute approximate surface area is 241 Å². The molecule has 1 atom stereocenters. The maximum absolute atomic E-state index is 13.3. The zero-order valence-electron chi connectivity index (χ0n) is 23.0. The minimum absolute atomic E-state index is 0.00455. The number of carboxylic acid groups (broad SMARTS) is 1. The first-order valence-electron chi connectivity index (χ1n) is 12.6. The number of carbonyl (C=O) groups is 2. The number of halogens is 3. The smallest absolute Gasteiger partial charge is 0.490 e. The van der Waals surface area contributed by atoms with Gasteiger partial charge in [0.15, 0.2) is 11.5 Å². The number of amides is 1.